The van der Waals surface area contributed by atoms with Crippen LogP contribution in [0.25, 0.3) is 22.2 Å². The van der Waals surface area contributed by atoms with Gasteiger partial charge < -0.3 is 20.1 Å². The molecule has 5 aromatic rings. The molecule has 4 heterocycles. The second kappa shape index (κ2) is 10.8. The van der Waals surface area contributed by atoms with Gasteiger partial charge in [-0.05, 0) is 36.4 Å². The summed E-state index contributed by atoms with van der Waals surface area (Å²) in [5.41, 5.74) is 3.05. The Morgan fingerprint density at radius 3 is 2.84 bits per heavy atom. The first-order valence-electron chi connectivity index (χ1n) is 11.3. The number of thiazole rings is 1. The normalized spacial score (nSPS) is 11.0. The largest absolute Gasteiger partial charge is 0.491 e. The number of aromatic amines is 1. The molecule has 0 aliphatic carbocycles. The summed E-state index contributed by atoms with van der Waals surface area (Å²) in [7, 11) is 1.51. The molecule has 3 N–H and O–H groups in total. The second-order valence-electron chi connectivity index (χ2n) is 8.12. The van der Waals surface area contributed by atoms with Gasteiger partial charge in [-0.2, -0.15) is 5.10 Å². The monoisotopic (exact) mass is 535 g/mol. The molecular formula is C25H22ClN7O3S. The van der Waals surface area contributed by atoms with Crippen LogP contribution in [0.1, 0.15) is 10.6 Å². The second-order valence-corrected chi connectivity index (χ2v) is 9.64. The number of carbonyl (C=O) groups is 1. The van der Waals surface area contributed by atoms with Crippen molar-refractivity contribution in [3.63, 3.8) is 0 Å². The molecule has 0 unspecified atom stereocenters. The van der Waals surface area contributed by atoms with Crippen molar-refractivity contribution in [1.82, 2.24) is 30.0 Å². The van der Waals surface area contributed by atoms with Gasteiger partial charge in [-0.25, -0.2) is 9.78 Å². The van der Waals surface area contributed by atoms with E-state index in [-0.39, 0.29) is 6.54 Å². The lowest BCUT2D eigenvalue weighted by Crippen LogP contribution is -2.23. The van der Waals surface area contributed by atoms with Gasteiger partial charge in [0.05, 0.1) is 23.9 Å². The highest BCUT2D eigenvalue weighted by Crippen LogP contribution is 2.37. The van der Waals surface area contributed by atoms with Crippen LogP contribution in [0, 0.1) is 0 Å². The van der Waals surface area contributed by atoms with E-state index in [2.05, 4.69) is 30.5 Å². The van der Waals surface area contributed by atoms with Crippen molar-refractivity contribution in [3.8, 4) is 17.0 Å². The van der Waals surface area contributed by atoms with Gasteiger partial charge in [0.1, 0.15) is 11.3 Å². The van der Waals surface area contributed by atoms with Gasteiger partial charge in [-0.1, -0.05) is 29.0 Å². The van der Waals surface area contributed by atoms with Crippen molar-refractivity contribution in [1.29, 1.82) is 0 Å². The Labute approximate surface area is 220 Å². The molecule has 0 spiro atoms. The smallest absolute Gasteiger partial charge is 0.407 e. The zero-order valence-corrected chi connectivity index (χ0v) is 21.3. The molecule has 37 heavy (non-hydrogen) atoms. The zero-order chi connectivity index (χ0) is 25.8. The molecule has 0 aliphatic rings. The fourth-order valence-corrected chi connectivity index (χ4v) is 4.78. The van der Waals surface area contributed by atoms with Crippen molar-refractivity contribution in [2.75, 3.05) is 19.0 Å². The van der Waals surface area contributed by atoms with Crippen LogP contribution in [0.5, 0.6) is 5.75 Å². The van der Waals surface area contributed by atoms with Gasteiger partial charge in [-0.3, -0.25) is 15.1 Å². The number of nitrogens with one attached hydrogen (secondary N) is 2. The molecule has 0 saturated carbocycles. The predicted octanol–water partition coefficient (Wildman–Crippen LogP) is 5.60. The number of hydrogen-bond donors (Lipinski definition) is 3. The van der Waals surface area contributed by atoms with E-state index in [1.807, 2.05) is 30.3 Å². The number of pyridine rings is 2. The summed E-state index contributed by atoms with van der Waals surface area (Å²) in [6.07, 6.45) is 4.73. The maximum atomic E-state index is 11.1. The molecule has 0 bridgehead atoms. The Kier molecular flexibility index (Phi) is 7.15. The van der Waals surface area contributed by atoms with Crippen molar-refractivity contribution < 1.29 is 14.6 Å². The topological polar surface area (TPSA) is 129 Å². The zero-order valence-electron chi connectivity index (χ0n) is 19.7. The molecule has 188 valence electrons. The minimum Gasteiger partial charge on any atom is -0.491 e. The van der Waals surface area contributed by atoms with Crippen LogP contribution in [0.4, 0.5) is 15.7 Å². The molecular weight excluding hydrogens is 514 g/mol. The molecule has 0 aliphatic heterocycles. The molecule has 1 aromatic carbocycles. The third kappa shape index (κ3) is 5.63. The summed E-state index contributed by atoms with van der Waals surface area (Å²) in [6.45, 7) is 0.660. The molecule has 0 fully saturated rings. The fraction of sp³-hybridized carbons (Fsp3) is 0.160. The van der Waals surface area contributed by atoms with E-state index in [1.54, 1.807) is 30.7 Å². The maximum Gasteiger partial charge on any atom is 0.407 e. The standard InChI is InChI=1S/C25H22ClN7O3S/c1-33(25(34)35)14-17-13-29-24(37-17)30-23-18-11-15(21-19(26)6-4-9-28-21)12-20(22(18)31-32-23)36-10-7-16-5-2-3-8-27-16/h2-6,8-9,11-13H,7,10,14H2,1H3,(H,34,35)(H2,29,30,31,32). The summed E-state index contributed by atoms with van der Waals surface area (Å²) in [5, 5.41) is 21.7. The molecule has 12 heteroatoms. The van der Waals surface area contributed by atoms with Crippen molar-refractivity contribution in [3.05, 3.63) is 76.6 Å². The van der Waals surface area contributed by atoms with E-state index in [0.29, 0.717) is 46.0 Å². The van der Waals surface area contributed by atoms with E-state index in [9.17, 15) is 4.79 Å². The summed E-state index contributed by atoms with van der Waals surface area (Å²) >= 11 is 7.80. The number of benzene rings is 1. The fourth-order valence-electron chi connectivity index (χ4n) is 3.69. The summed E-state index contributed by atoms with van der Waals surface area (Å²) in [5.74, 6) is 1.15. The van der Waals surface area contributed by atoms with Crippen molar-refractivity contribution >= 4 is 50.9 Å². The lowest BCUT2D eigenvalue weighted by Gasteiger charge is -2.11. The van der Waals surface area contributed by atoms with Gasteiger partial charge in [0.2, 0.25) is 0 Å². The molecule has 4 aromatic heterocycles. The van der Waals surface area contributed by atoms with Crippen LogP contribution in [0.2, 0.25) is 5.02 Å². The number of rotatable bonds is 9. The maximum absolute atomic E-state index is 11.1. The number of nitrogens with zero attached hydrogens (tertiary/aromatic N) is 5. The Balaban J connectivity index is 1.45. The van der Waals surface area contributed by atoms with Crippen LogP contribution >= 0.6 is 22.9 Å². The van der Waals surface area contributed by atoms with E-state index in [1.165, 1.54) is 23.3 Å². The summed E-state index contributed by atoms with van der Waals surface area (Å²) in [4.78, 5) is 26.3. The van der Waals surface area contributed by atoms with Gasteiger partial charge in [-0.15, -0.1) is 0 Å². The van der Waals surface area contributed by atoms with Crippen LogP contribution in [-0.2, 0) is 13.0 Å². The lowest BCUT2D eigenvalue weighted by molar-refractivity contribution is 0.154. The lowest BCUT2D eigenvalue weighted by atomic mass is 10.1. The summed E-state index contributed by atoms with van der Waals surface area (Å²) < 4.78 is 6.18. The first kappa shape index (κ1) is 24.5. The van der Waals surface area contributed by atoms with Crippen LogP contribution < -0.4 is 10.1 Å². The van der Waals surface area contributed by atoms with Gasteiger partial charge >= 0.3 is 6.09 Å². The Morgan fingerprint density at radius 2 is 2.05 bits per heavy atom. The van der Waals surface area contributed by atoms with Crippen LogP contribution in [-0.4, -0.2) is 54.9 Å². The Bertz CT molecular complexity index is 1540. The quantitative estimate of drug-likeness (QED) is 0.222. The number of ether oxygens (including phenoxy) is 1. The SMILES string of the molecule is CN(Cc1cnc(Nc2n[nH]c3c(OCCc4ccccn4)cc(-c4ncccc4Cl)cc23)s1)C(=O)O. The average Bonchev–Trinajstić information content (AvgIpc) is 3.52. The average molecular weight is 536 g/mol. The molecule has 5 rings (SSSR count). The Hall–Kier alpha value is -4.22. The highest BCUT2D eigenvalue weighted by atomic mass is 35.5. The van der Waals surface area contributed by atoms with E-state index < -0.39 is 6.09 Å². The molecule has 10 nitrogen and oxygen atoms in total. The number of carboxylic acid groups (broad SMARTS) is 1. The Morgan fingerprint density at radius 1 is 1.19 bits per heavy atom. The number of aromatic nitrogens is 5. The van der Waals surface area contributed by atoms with E-state index in [4.69, 9.17) is 21.4 Å². The van der Waals surface area contributed by atoms with Crippen LogP contribution in [0.15, 0.2) is 61.1 Å². The highest BCUT2D eigenvalue weighted by Gasteiger charge is 2.17. The molecule has 1 amide bonds. The molecule has 0 atom stereocenters. The third-order valence-electron chi connectivity index (χ3n) is 5.51. The van der Waals surface area contributed by atoms with Crippen LogP contribution in [0.3, 0.4) is 0 Å². The number of halogens is 1. The minimum atomic E-state index is -1.00. The highest BCUT2D eigenvalue weighted by molar-refractivity contribution is 7.15. The van der Waals surface area contributed by atoms with Gasteiger partial charge in [0.15, 0.2) is 10.9 Å². The number of H-pyrrole nitrogens is 1. The third-order valence-corrected chi connectivity index (χ3v) is 6.71. The summed E-state index contributed by atoms with van der Waals surface area (Å²) in [6, 6.07) is 13.2. The number of fused-ring (bicyclic) bond motifs is 1. The van der Waals surface area contributed by atoms with E-state index >= 15 is 0 Å². The number of amides is 1. The van der Waals surface area contributed by atoms with E-state index in [0.717, 1.165) is 21.5 Å². The molecule has 0 radical (unpaired) electrons. The predicted molar refractivity (Wildman–Crippen MR) is 143 cm³/mol. The minimum absolute atomic E-state index is 0.243. The van der Waals surface area contributed by atoms with Gasteiger partial charge in [0, 0.05) is 53.6 Å². The van der Waals surface area contributed by atoms with Crippen molar-refractivity contribution in [2.45, 2.75) is 13.0 Å². The van der Waals surface area contributed by atoms with Crippen molar-refractivity contribution in [2.24, 2.45) is 0 Å². The number of hydrogen-bond acceptors (Lipinski definition) is 8. The van der Waals surface area contributed by atoms with Gasteiger partial charge in [0.25, 0.3) is 0 Å². The molecule has 0 saturated heterocycles. The first-order chi connectivity index (χ1) is 18.0. The number of anilines is 2. The first-order valence-corrected chi connectivity index (χ1v) is 12.5.